The molecule has 39 heavy (non-hydrogen) atoms. The topological polar surface area (TPSA) is 85.0 Å². The van der Waals surface area contributed by atoms with Crippen molar-refractivity contribution in [3.05, 3.63) is 54.1 Å². The van der Waals surface area contributed by atoms with Gasteiger partial charge in [-0.15, -0.1) is 6.58 Å². The van der Waals surface area contributed by atoms with Crippen LogP contribution in [0.25, 0.3) is 0 Å². The summed E-state index contributed by atoms with van der Waals surface area (Å²) in [5, 5.41) is 2.29. The third kappa shape index (κ3) is 3.39. The summed E-state index contributed by atoms with van der Waals surface area (Å²) in [6.45, 7) is 17.3. The Morgan fingerprint density at radius 2 is 1.82 bits per heavy atom. The fraction of sp³-hybridized carbons (Fsp3) is 0.606. The highest BCUT2D eigenvalue weighted by molar-refractivity contribution is 6.07. The van der Waals surface area contributed by atoms with Crippen molar-refractivity contribution in [2.45, 2.75) is 78.1 Å². The Morgan fingerprint density at radius 1 is 1.13 bits per heavy atom. The predicted molar refractivity (Wildman–Crippen MR) is 148 cm³/mol. The van der Waals surface area contributed by atoms with Crippen LogP contribution in [0, 0.1) is 46.3 Å². The van der Waals surface area contributed by atoms with Crippen LogP contribution in [0.2, 0.25) is 0 Å². The number of hydrogen-bond acceptors (Lipinski definition) is 5. The molecule has 6 aliphatic rings. The standard InChI is InChI=1S/C33H41NO5/c1-8-30(5)15-20(4)24-23-26(30)28(36)32(7)33(39-32,29(37)34-17-35)16-21-9-11-22(12-10-21)38-27(23)25-19(3)13-18(2)14-31(24,25)6/h8-12,15,17-19,23-27H,1,13-14,16H2,2-7H3,(H,34,35,37). The van der Waals surface area contributed by atoms with Gasteiger partial charge in [0.05, 0.1) is 0 Å². The Hall–Kier alpha value is -2.73. The number of benzene rings is 1. The quantitative estimate of drug-likeness (QED) is 0.335. The molecule has 2 amide bonds. The van der Waals surface area contributed by atoms with Crippen LogP contribution in [-0.4, -0.2) is 35.4 Å². The van der Waals surface area contributed by atoms with Crippen LogP contribution < -0.4 is 10.1 Å². The van der Waals surface area contributed by atoms with Gasteiger partial charge in [-0.05, 0) is 67.6 Å². The summed E-state index contributed by atoms with van der Waals surface area (Å²) in [5.74, 6) is 0.947. The van der Waals surface area contributed by atoms with E-state index >= 15 is 0 Å². The first-order chi connectivity index (χ1) is 18.3. The highest BCUT2D eigenvalue weighted by Crippen LogP contribution is 2.69. The molecule has 1 aromatic rings. The van der Waals surface area contributed by atoms with Crippen molar-refractivity contribution in [1.82, 2.24) is 5.32 Å². The number of nitrogens with one attached hydrogen (secondary N) is 1. The summed E-state index contributed by atoms with van der Waals surface area (Å²) in [5.41, 5.74) is -1.37. The smallest absolute Gasteiger partial charge is 0.262 e. The van der Waals surface area contributed by atoms with Gasteiger partial charge in [-0.2, -0.15) is 0 Å². The molecular formula is C33H41NO5. The first kappa shape index (κ1) is 26.5. The Balaban J connectivity index is 1.60. The lowest BCUT2D eigenvalue weighted by Gasteiger charge is -2.50. The summed E-state index contributed by atoms with van der Waals surface area (Å²) in [6.07, 6.45) is 6.73. The second kappa shape index (κ2) is 8.39. The number of epoxide rings is 1. The minimum Gasteiger partial charge on any atom is -0.490 e. The molecule has 3 fully saturated rings. The van der Waals surface area contributed by atoms with Gasteiger partial charge in [0.1, 0.15) is 11.9 Å². The molecule has 0 radical (unpaired) electrons. The molecule has 1 N–H and O–H groups in total. The van der Waals surface area contributed by atoms with E-state index in [4.69, 9.17) is 9.47 Å². The second-order valence-corrected chi connectivity index (χ2v) is 13.9. The molecular weight excluding hydrogens is 490 g/mol. The molecule has 3 aliphatic carbocycles. The predicted octanol–water partition coefficient (Wildman–Crippen LogP) is 5.06. The molecule has 0 spiro atoms. The van der Waals surface area contributed by atoms with E-state index < -0.39 is 28.4 Å². The van der Waals surface area contributed by atoms with E-state index in [2.05, 4.69) is 52.6 Å². The van der Waals surface area contributed by atoms with Crippen molar-refractivity contribution in [1.29, 1.82) is 0 Å². The highest BCUT2D eigenvalue weighted by Gasteiger charge is 2.78. The van der Waals surface area contributed by atoms with Gasteiger partial charge in [0, 0.05) is 29.6 Å². The normalized spacial score (nSPS) is 47.7. The molecule has 208 valence electrons. The molecule has 3 aliphatic heterocycles. The molecule has 11 unspecified atom stereocenters. The molecule has 3 heterocycles. The lowest BCUT2D eigenvalue weighted by atomic mass is 9.53. The molecule has 7 rings (SSSR count). The van der Waals surface area contributed by atoms with Crippen LogP contribution in [0.4, 0.5) is 0 Å². The third-order valence-corrected chi connectivity index (χ3v) is 11.4. The van der Waals surface area contributed by atoms with Gasteiger partial charge in [-0.3, -0.25) is 19.7 Å². The second-order valence-electron chi connectivity index (χ2n) is 13.9. The summed E-state index contributed by atoms with van der Waals surface area (Å²) < 4.78 is 13.2. The van der Waals surface area contributed by atoms with Gasteiger partial charge < -0.3 is 9.47 Å². The van der Waals surface area contributed by atoms with E-state index in [1.807, 2.05) is 30.3 Å². The number of hydrogen-bond donors (Lipinski definition) is 1. The lowest BCUT2D eigenvalue weighted by molar-refractivity contribution is -0.136. The Morgan fingerprint density at radius 3 is 2.46 bits per heavy atom. The maximum absolute atomic E-state index is 15.0. The molecule has 0 aromatic heterocycles. The van der Waals surface area contributed by atoms with Crippen molar-refractivity contribution in [3.8, 4) is 5.75 Å². The Kier molecular flexibility index (Phi) is 5.70. The summed E-state index contributed by atoms with van der Waals surface area (Å²) in [6, 6.07) is 7.82. The SMILES string of the molecule is C=CC1(C)C=C(C)C2C3C(Oc4ccc(cc4)CC4(C(=O)NC=O)OC4(C)C(=O)C31)C1C(C)CC(C)CC21C. The zero-order valence-electron chi connectivity index (χ0n) is 24.0. The Labute approximate surface area is 231 Å². The number of ketones is 1. The maximum Gasteiger partial charge on any atom is 0.262 e. The van der Waals surface area contributed by atoms with E-state index in [1.54, 1.807) is 6.92 Å². The monoisotopic (exact) mass is 531 g/mol. The van der Waals surface area contributed by atoms with Crippen LogP contribution in [0.15, 0.2) is 48.6 Å². The van der Waals surface area contributed by atoms with E-state index in [0.717, 1.165) is 24.2 Å². The van der Waals surface area contributed by atoms with Gasteiger partial charge in [-0.1, -0.05) is 57.6 Å². The van der Waals surface area contributed by atoms with Gasteiger partial charge in [-0.25, -0.2) is 0 Å². The van der Waals surface area contributed by atoms with E-state index in [1.165, 1.54) is 5.57 Å². The van der Waals surface area contributed by atoms with Gasteiger partial charge in [0.2, 0.25) is 6.41 Å². The van der Waals surface area contributed by atoms with Crippen LogP contribution in [0.5, 0.6) is 5.75 Å². The molecule has 6 heteroatoms. The van der Waals surface area contributed by atoms with Gasteiger partial charge in [0.25, 0.3) is 5.91 Å². The number of carbonyl (C=O) groups is 3. The molecule has 2 saturated carbocycles. The minimum atomic E-state index is -1.45. The number of fused-ring (bicyclic) bond motifs is 4. The average Bonchev–Trinajstić information content (AvgIpc) is 3.39. The van der Waals surface area contributed by atoms with Crippen LogP contribution in [0.3, 0.4) is 0 Å². The molecule has 11 atom stereocenters. The van der Waals surface area contributed by atoms with Crippen molar-refractivity contribution in [2.24, 2.45) is 46.3 Å². The van der Waals surface area contributed by atoms with Crippen molar-refractivity contribution < 1.29 is 23.9 Å². The third-order valence-electron chi connectivity index (χ3n) is 11.4. The largest absolute Gasteiger partial charge is 0.490 e. The number of carbonyl (C=O) groups excluding carboxylic acids is 3. The van der Waals surface area contributed by atoms with Crippen LogP contribution >= 0.6 is 0 Å². The summed E-state index contributed by atoms with van der Waals surface area (Å²) in [4.78, 5) is 39.7. The summed E-state index contributed by atoms with van der Waals surface area (Å²) in [7, 11) is 0. The van der Waals surface area contributed by atoms with Crippen molar-refractivity contribution >= 4 is 18.1 Å². The van der Waals surface area contributed by atoms with E-state index in [0.29, 0.717) is 18.2 Å². The zero-order chi connectivity index (χ0) is 28.1. The average molecular weight is 532 g/mol. The number of allylic oxidation sites excluding steroid dienone is 3. The fourth-order valence-electron chi connectivity index (χ4n) is 10.1. The molecule has 6 nitrogen and oxygen atoms in total. The number of imide groups is 1. The molecule has 2 bridgehead atoms. The number of amides is 2. The van der Waals surface area contributed by atoms with Crippen LogP contribution in [-0.2, 0) is 25.5 Å². The number of rotatable bonds is 3. The Bertz CT molecular complexity index is 1290. The molecule has 1 aromatic carbocycles. The lowest BCUT2D eigenvalue weighted by Crippen LogP contribution is -2.54. The van der Waals surface area contributed by atoms with Gasteiger partial charge in [0.15, 0.2) is 17.0 Å². The first-order valence-corrected chi connectivity index (χ1v) is 14.4. The summed E-state index contributed by atoms with van der Waals surface area (Å²) >= 11 is 0. The van der Waals surface area contributed by atoms with Crippen molar-refractivity contribution in [3.63, 3.8) is 0 Å². The van der Waals surface area contributed by atoms with Crippen LogP contribution in [0.1, 0.15) is 59.9 Å². The maximum atomic E-state index is 15.0. The fourth-order valence-corrected chi connectivity index (χ4v) is 10.1. The van der Waals surface area contributed by atoms with Gasteiger partial charge >= 0.3 is 0 Å². The van der Waals surface area contributed by atoms with E-state index in [-0.39, 0.29) is 41.5 Å². The number of Topliss-reactive ketones (excluding diaryl/α,β-unsaturated/α-hetero) is 1. The highest BCUT2D eigenvalue weighted by atomic mass is 16.6. The molecule has 1 saturated heterocycles. The van der Waals surface area contributed by atoms with Crippen molar-refractivity contribution in [2.75, 3.05) is 0 Å². The minimum absolute atomic E-state index is 0.0363. The number of ether oxygens (including phenoxy) is 2. The van der Waals surface area contributed by atoms with E-state index in [9.17, 15) is 14.4 Å². The first-order valence-electron chi connectivity index (χ1n) is 14.4. The zero-order valence-corrected chi connectivity index (χ0v) is 24.0.